The molecule has 1 unspecified atom stereocenters. The Hall–Kier alpha value is -2.81. The summed E-state index contributed by atoms with van der Waals surface area (Å²) in [6, 6.07) is 9.88. The van der Waals surface area contributed by atoms with Crippen molar-refractivity contribution in [1.82, 2.24) is 14.8 Å². The fourth-order valence-electron chi connectivity index (χ4n) is 3.52. The molecule has 1 aliphatic rings. The lowest BCUT2D eigenvalue weighted by Crippen LogP contribution is -2.35. The summed E-state index contributed by atoms with van der Waals surface area (Å²) < 4.78 is 21.4. The first-order valence-corrected chi connectivity index (χ1v) is 11.3. The van der Waals surface area contributed by atoms with Crippen LogP contribution in [0.1, 0.15) is 32.4 Å². The SMILES string of the molecule is CC1CCN(c2nnc(SC(C)C(=O)Nc3ccccc3F)n2Cc2ccco2)CC1. The Morgan fingerprint density at radius 3 is 2.74 bits per heavy atom. The second-order valence-electron chi connectivity index (χ2n) is 7.85. The smallest absolute Gasteiger partial charge is 0.237 e. The molecule has 9 heteroatoms. The molecule has 3 aromatic rings. The first-order valence-electron chi connectivity index (χ1n) is 10.4. The van der Waals surface area contributed by atoms with Crippen LogP contribution in [-0.4, -0.2) is 39.0 Å². The predicted molar refractivity (Wildman–Crippen MR) is 119 cm³/mol. The van der Waals surface area contributed by atoms with Crippen molar-refractivity contribution in [2.75, 3.05) is 23.3 Å². The number of anilines is 2. The number of amides is 1. The minimum Gasteiger partial charge on any atom is -0.467 e. The lowest BCUT2D eigenvalue weighted by molar-refractivity contribution is -0.115. The molecule has 0 radical (unpaired) electrons. The number of thioether (sulfide) groups is 1. The van der Waals surface area contributed by atoms with Crippen molar-refractivity contribution in [1.29, 1.82) is 0 Å². The summed E-state index contributed by atoms with van der Waals surface area (Å²) in [5.74, 6) is 1.52. The van der Waals surface area contributed by atoms with Crippen molar-refractivity contribution in [3.8, 4) is 0 Å². The highest BCUT2D eigenvalue weighted by Gasteiger charge is 2.26. The van der Waals surface area contributed by atoms with E-state index in [1.807, 2.05) is 16.7 Å². The predicted octanol–water partition coefficient (Wildman–Crippen LogP) is 4.41. The first kappa shape index (κ1) is 21.4. The molecule has 1 N–H and O–H groups in total. The van der Waals surface area contributed by atoms with Gasteiger partial charge in [-0.3, -0.25) is 9.36 Å². The lowest BCUT2D eigenvalue weighted by atomic mass is 10.00. The number of carbonyl (C=O) groups is 1. The van der Waals surface area contributed by atoms with Gasteiger partial charge in [-0.2, -0.15) is 0 Å². The zero-order valence-electron chi connectivity index (χ0n) is 17.6. The van der Waals surface area contributed by atoms with Gasteiger partial charge in [0.2, 0.25) is 11.9 Å². The minimum atomic E-state index is -0.492. The van der Waals surface area contributed by atoms with E-state index >= 15 is 0 Å². The monoisotopic (exact) mass is 443 g/mol. The van der Waals surface area contributed by atoms with Crippen LogP contribution in [-0.2, 0) is 11.3 Å². The van der Waals surface area contributed by atoms with Crippen molar-refractivity contribution >= 4 is 29.3 Å². The molecule has 2 aromatic heterocycles. The minimum absolute atomic E-state index is 0.167. The van der Waals surface area contributed by atoms with Gasteiger partial charge in [0.25, 0.3) is 0 Å². The molecule has 1 atom stereocenters. The van der Waals surface area contributed by atoms with Crippen LogP contribution in [0.3, 0.4) is 0 Å². The summed E-state index contributed by atoms with van der Waals surface area (Å²) in [6.45, 7) is 6.36. The Balaban J connectivity index is 1.52. The van der Waals surface area contributed by atoms with Crippen LogP contribution in [0.4, 0.5) is 16.0 Å². The average Bonchev–Trinajstić information content (AvgIpc) is 3.41. The summed E-state index contributed by atoms with van der Waals surface area (Å²) in [6.07, 6.45) is 3.86. The molecule has 0 spiro atoms. The number of aromatic nitrogens is 3. The van der Waals surface area contributed by atoms with Gasteiger partial charge < -0.3 is 14.6 Å². The Morgan fingerprint density at radius 1 is 1.26 bits per heavy atom. The molecule has 3 heterocycles. The summed E-state index contributed by atoms with van der Waals surface area (Å²) in [7, 11) is 0. The third-order valence-corrected chi connectivity index (χ3v) is 6.52. The zero-order valence-corrected chi connectivity index (χ0v) is 18.4. The van der Waals surface area contributed by atoms with Crippen LogP contribution in [0.25, 0.3) is 0 Å². The Bertz CT molecular complexity index is 1010. The highest BCUT2D eigenvalue weighted by atomic mass is 32.2. The molecule has 164 valence electrons. The average molecular weight is 444 g/mol. The van der Waals surface area contributed by atoms with Crippen molar-refractivity contribution in [3.63, 3.8) is 0 Å². The number of benzene rings is 1. The van der Waals surface area contributed by atoms with Crippen LogP contribution >= 0.6 is 11.8 Å². The number of hydrogen-bond acceptors (Lipinski definition) is 6. The maximum Gasteiger partial charge on any atom is 0.237 e. The van der Waals surface area contributed by atoms with Crippen molar-refractivity contribution < 1.29 is 13.6 Å². The first-order chi connectivity index (χ1) is 15.0. The molecule has 1 aromatic carbocycles. The van der Waals surface area contributed by atoms with Crippen LogP contribution in [0, 0.1) is 11.7 Å². The van der Waals surface area contributed by atoms with E-state index in [4.69, 9.17) is 4.42 Å². The molecule has 1 fully saturated rings. The number of rotatable bonds is 7. The van der Waals surface area contributed by atoms with Gasteiger partial charge in [0.15, 0.2) is 5.16 Å². The number of carbonyl (C=O) groups excluding carboxylic acids is 1. The summed E-state index contributed by atoms with van der Waals surface area (Å²) in [5.41, 5.74) is 0.167. The van der Waals surface area contributed by atoms with E-state index in [1.165, 1.54) is 17.8 Å². The number of piperidine rings is 1. The second kappa shape index (κ2) is 9.55. The topological polar surface area (TPSA) is 76.2 Å². The maximum atomic E-state index is 13.9. The van der Waals surface area contributed by atoms with E-state index < -0.39 is 11.1 Å². The molecule has 4 rings (SSSR count). The second-order valence-corrected chi connectivity index (χ2v) is 9.15. The molecule has 31 heavy (non-hydrogen) atoms. The van der Waals surface area contributed by atoms with Gasteiger partial charge in [-0.25, -0.2) is 4.39 Å². The highest BCUT2D eigenvalue weighted by molar-refractivity contribution is 8.00. The fraction of sp³-hybridized carbons (Fsp3) is 0.409. The van der Waals surface area contributed by atoms with E-state index in [1.54, 1.807) is 31.4 Å². The fourth-order valence-corrected chi connectivity index (χ4v) is 4.36. The molecular formula is C22H26FN5O2S. The molecule has 7 nitrogen and oxygen atoms in total. The van der Waals surface area contributed by atoms with Gasteiger partial charge in [-0.1, -0.05) is 30.8 Å². The van der Waals surface area contributed by atoms with Gasteiger partial charge in [-0.05, 0) is 49.9 Å². The van der Waals surface area contributed by atoms with E-state index in [9.17, 15) is 9.18 Å². The largest absolute Gasteiger partial charge is 0.467 e. The number of para-hydroxylation sites is 1. The highest BCUT2D eigenvalue weighted by Crippen LogP contribution is 2.29. The Labute approximate surface area is 185 Å². The standard InChI is InChI=1S/C22H26FN5O2S/c1-15-9-11-27(12-10-15)21-25-26-22(28(21)14-17-6-5-13-30-17)31-16(2)20(29)24-19-8-4-3-7-18(19)23/h3-8,13,15-16H,9-12,14H2,1-2H3,(H,24,29). The molecule has 1 aliphatic heterocycles. The van der Waals surface area contributed by atoms with Gasteiger partial charge in [0.05, 0.1) is 23.7 Å². The quantitative estimate of drug-likeness (QED) is 0.545. The number of halogens is 1. The molecule has 0 saturated carbocycles. The number of nitrogens with one attached hydrogen (secondary N) is 1. The van der Waals surface area contributed by atoms with Crippen LogP contribution in [0.5, 0.6) is 0 Å². The number of furan rings is 1. The van der Waals surface area contributed by atoms with Gasteiger partial charge in [0, 0.05) is 13.1 Å². The van der Waals surface area contributed by atoms with Gasteiger partial charge in [-0.15, -0.1) is 10.2 Å². The maximum absolute atomic E-state index is 13.9. The Kier molecular flexibility index (Phi) is 6.60. The molecular weight excluding hydrogens is 417 g/mol. The van der Waals surface area contributed by atoms with E-state index in [2.05, 4.69) is 27.3 Å². The van der Waals surface area contributed by atoms with Gasteiger partial charge in [0.1, 0.15) is 11.6 Å². The Morgan fingerprint density at radius 2 is 2.03 bits per heavy atom. The van der Waals surface area contributed by atoms with Gasteiger partial charge >= 0.3 is 0 Å². The molecule has 1 saturated heterocycles. The van der Waals surface area contributed by atoms with Crippen molar-refractivity contribution in [2.45, 2.75) is 43.6 Å². The summed E-state index contributed by atoms with van der Waals surface area (Å²) in [5, 5.41) is 11.6. The van der Waals surface area contributed by atoms with E-state index in [-0.39, 0.29) is 11.6 Å². The summed E-state index contributed by atoms with van der Waals surface area (Å²) in [4.78, 5) is 14.9. The zero-order chi connectivity index (χ0) is 21.8. The molecule has 0 aliphatic carbocycles. The van der Waals surface area contributed by atoms with Crippen molar-refractivity contribution in [3.05, 3.63) is 54.2 Å². The van der Waals surface area contributed by atoms with E-state index in [0.717, 1.165) is 37.6 Å². The third kappa shape index (κ3) is 5.10. The number of hydrogen-bond donors (Lipinski definition) is 1. The summed E-state index contributed by atoms with van der Waals surface area (Å²) >= 11 is 1.30. The number of nitrogens with zero attached hydrogens (tertiary/aromatic N) is 4. The van der Waals surface area contributed by atoms with Crippen LogP contribution in [0.15, 0.2) is 52.2 Å². The van der Waals surface area contributed by atoms with Crippen LogP contribution in [0.2, 0.25) is 0 Å². The van der Waals surface area contributed by atoms with E-state index in [0.29, 0.717) is 17.6 Å². The molecule has 1 amide bonds. The normalized spacial score (nSPS) is 15.8. The lowest BCUT2D eigenvalue weighted by Gasteiger charge is -2.31. The van der Waals surface area contributed by atoms with Crippen LogP contribution < -0.4 is 10.2 Å². The third-order valence-electron chi connectivity index (χ3n) is 5.44. The van der Waals surface area contributed by atoms with Crippen molar-refractivity contribution in [2.24, 2.45) is 5.92 Å². The molecule has 0 bridgehead atoms.